The first-order valence-corrected chi connectivity index (χ1v) is 9.82. The molecule has 0 fully saturated rings. The summed E-state index contributed by atoms with van der Waals surface area (Å²) in [5.74, 6) is 1.98. The van der Waals surface area contributed by atoms with Crippen LogP contribution in [0.3, 0.4) is 0 Å². The molecule has 2 aromatic rings. The van der Waals surface area contributed by atoms with Crippen molar-refractivity contribution >= 4 is 17.7 Å². The van der Waals surface area contributed by atoms with E-state index >= 15 is 0 Å². The van der Waals surface area contributed by atoms with Crippen LogP contribution in [0.4, 0.5) is 5.69 Å². The van der Waals surface area contributed by atoms with E-state index in [4.69, 9.17) is 23.7 Å². The standard InChI is InChI=1S/C24H31NO6/c1-24(2,3)31-22(26)11-9-16-8-10-17(19(12-16)27-4)15-25-18-13-20(28-5)23(30-7)21(14-18)29-6/h8-14,25H,15H2,1-7H3/b11-9+. The largest absolute Gasteiger partial charge is 0.496 e. The summed E-state index contributed by atoms with van der Waals surface area (Å²) < 4.78 is 27.0. The minimum Gasteiger partial charge on any atom is -0.496 e. The first-order chi connectivity index (χ1) is 14.7. The van der Waals surface area contributed by atoms with Crippen LogP contribution in [0, 0.1) is 0 Å². The number of hydrogen-bond acceptors (Lipinski definition) is 7. The molecular formula is C24H31NO6. The molecule has 0 heterocycles. The van der Waals surface area contributed by atoms with E-state index in [1.807, 2.05) is 51.1 Å². The Morgan fingerprint density at radius 2 is 1.52 bits per heavy atom. The fraction of sp³-hybridized carbons (Fsp3) is 0.375. The zero-order valence-electron chi connectivity index (χ0n) is 19.2. The lowest BCUT2D eigenvalue weighted by atomic mass is 10.1. The highest BCUT2D eigenvalue weighted by atomic mass is 16.6. The molecule has 0 bridgehead atoms. The topological polar surface area (TPSA) is 75.3 Å². The summed E-state index contributed by atoms with van der Waals surface area (Å²) in [5, 5.41) is 3.34. The molecule has 0 saturated heterocycles. The third-order valence-electron chi connectivity index (χ3n) is 4.28. The Kier molecular flexibility index (Phi) is 8.19. The van der Waals surface area contributed by atoms with Gasteiger partial charge in [-0.3, -0.25) is 0 Å². The number of esters is 1. The van der Waals surface area contributed by atoms with Gasteiger partial charge in [0, 0.05) is 36.0 Å². The highest BCUT2D eigenvalue weighted by Crippen LogP contribution is 2.40. The van der Waals surface area contributed by atoms with E-state index in [9.17, 15) is 4.79 Å². The normalized spacial score (nSPS) is 11.2. The van der Waals surface area contributed by atoms with Gasteiger partial charge in [0.05, 0.1) is 28.4 Å². The van der Waals surface area contributed by atoms with E-state index < -0.39 is 5.60 Å². The molecular weight excluding hydrogens is 398 g/mol. The fourth-order valence-corrected chi connectivity index (χ4v) is 2.89. The highest BCUT2D eigenvalue weighted by Gasteiger charge is 2.15. The van der Waals surface area contributed by atoms with Crippen LogP contribution in [0.25, 0.3) is 6.08 Å². The van der Waals surface area contributed by atoms with Gasteiger partial charge in [0.2, 0.25) is 5.75 Å². The van der Waals surface area contributed by atoms with Crippen LogP contribution in [0.5, 0.6) is 23.0 Å². The van der Waals surface area contributed by atoms with Gasteiger partial charge in [0.15, 0.2) is 11.5 Å². The van der Waals surface area contributed by atoms with E-state index in [1.165, 1.54) is 6.08 Å². The van der Waals surface area contributed by atoms with Gasteiger partial charge in [0.25, 0.3) is 0 Å². The van der Waals surface area contributed by atoms with Crippen LogP contribution in [0.2, 0.25) is 0 Å². The lowest BCUT2D eigenvalue weighted by Gasteiger charge is -2.18. The van der Waals surface area contributed by atoms with E-state index in [0.717, 1.165) is 16.8 Å². The molecule has 0 spiro atoms. The van der Waals surface area contributed by atoms with Gasteiger partial charge < -0.3 is 29.0 Å². The Balaban J connectivity index is 2.15. The number of ether oxygens (including phenoxy) is 5. The second kappa shape index (κ2) is 10.6. The number of carbonyl (C=O) groups is 1. The molecule has 0 aliphatic rings. The summed E-state index contributed by atoms with van der Waals surface area (Å²) >= 11 is 0. The van der Waals surface area contributed by atoms with Crippen molar-refractivity contribution in [2.45, 2.75) is 32.9 Å². The third kappa shape index (κ3) is 6.84. The quantitative estimate of drug-likeness (QED) is 0.458. The number of nitrogens with one attached hydrogen (secondary N) is 1. The zero-order valence-corrected chi connectivity index (χ0v) is 19.2. The molecule has 0 radical (unpaired) electrons. The van der Waals surface area contributed by atoms with Gasteiger partial charge in [-0.25, -0.2) is 4.79 Å². The number of methoxy groups -OCH3 is 4. The van der Waals surface area contributed by atoms with E-state index in [-0.39, 0.29) is 5.97 Å². The van der Waals surface area contributed by atoms with Crippen molar-refractivity contribution < 1.29 is 28.5 Å². The van der Waals surface area contributed by atoms with Crippen LogP contribution in [-0.4, -0.2) is 40.0 Å². The van der Waals surface area contributed by atoms with Crippen LogP contribution in [0.1, 0.15) is 31.9 Å². The van der Waals surface area contributed by atoms with Gasteiger partial charge in [-0.05, 0) is 38.5 Å². The van der Waals surface area contributed by atoms with Gasteiger partial charge in [-0.1, -0.05) is 12.1 Å². The third-order valence-corrected chi connectivity index (χ3v) is 4.28. The molecule has 0 aliphatic carbocycles. The van der Waals surface area contributed by atoms with Gasteiger partial charge in [-0.2, -0.15) is 0 Å². The highest BCUT2D eigenvalue weighted by molar-refractivity contribution is 5.87. The van der Waals surface area contributed by atoms with Crippen molar-refractivity contribution in [3.8, 4) is 23.0 Å². The van der Waals surface area contributed by atoms with Crippen molar-refractivity contribution in [3.05, 3.63) is 47.5 Å². The second-order valence-corrected chi connectivity index (χ2v) is 7.71. The molecule has 7 heteroatoms. The molecule has 0 atom stereocenters. The van der Waals surface area contributed by atoms with Gasteiger partial charge >= 0.3 is 5.97 Å². The van der Waals surface area contributed by atoms with Crippen LogP contribution in [-0.2, 0) is 16.1 Å². The molecule has 168 valence electrons. The lowest BCUT2D eigenvalue weighted by molar-refractivity contribution is -0.148. The van der Waals surface area contributed by atoms with Crippen molar-refractivity contribution in [1.29, 1.82) is 0 Å². The molecule has 2 aromatic carbocycles. The smallest absolute Gasteiger partial charge is 0.331 e. The zero-order chi connectivity index (χ0) is 23.0. The number of carbonyl (C=O) groups excluding carboxylic acids is 1. The maximum absolute atomic E-state index is 11.9. The molecule has 31 heavy (non-hydrogen) atoms. The Labute approximate surface area is 183 Å². The molecule has 0 saturated carbocycles. The Morgan fingerprint density at radius 1 is 0.903 bits per heavy atom. The lowest BCUT2D eigenvalue weighted by Crippen LogP contribution is -2.22. The molecule has 0 amide bonds. The monoisotopic (exact) mass is 429 g/mol. The average Bonchev–Trinajstić information content (AvgIpc) is 2.74. The Bertz CT molecular complexity index is 905. The molecule has 0 unspecified atom stereocenters. The summed E-state index contributed by atoms with van der Waals surface area (Å²) in [7, 11) is 6.33. The minimum absolute atomic E-state index is 0.389. The summed E-state index contributed by atoms with van der Waals surface area (Å²) in [6.45, 7) is 6.00. The van der Waals surface area contributed by atoms with Crippen molar-refractivity contribution in [1.82, 2.24) is 0 Å². The molecule has 7 nitrogen and oxygen atoms in total. The SMILES string of the molecule is COc1cc(/C=C/C(=O)OC(C)(C)C)ccc1CNc1cc(OC)c(OC)c(OC)c1. The first-order valence-electron chi connectivity index (χ1n) is 9.82. The molecule has 2 rings (SSSR count). The Morgan fingerprint density at radius 3 is 2.03 bits per heavy atom. The minimum atomic E-state index is -0.526. The summed E-state index contributed by atoms with van der Waals surface area (Å²) in [6.07, 6.45) is 3.11. The van der Waals surface area contributed by atoms with Crippen molar-refractivity contribution in [3.63, 3.8) is 0 Å². The maximum atomic E-state index is 11.9. The fourth-order valence-electron chi connectivity index (χ4n) is 2.89. The predicted octanol–water partition coefficient (Wildman–Crippen LogP) is 4.69. The van der Waals surface area contributed by atoms with E-state index in [1.54, 1.807) is 34.5 Å². The van der Waals surface area contributed by atoms with Gasteiger partial charge in [-0.15, -0.1) is 0 Å². The van der Waals surface area contributed by atoms with E-state index in [2.05, 4.69) is 5.32 Å². The summed E-state index contributed by atoms with van der Waals surface area (Å²) in [4.78, 5) is 11.9. The first kappa shape index (κ1) is 23.9. The van der Waals surface area contributed by atoms with E-state index in [0.29, 0.717) is 29.5 Å². The number of rotatable bonds is 9. The van der Waals surface area contributed by atoms with Crippen molar-refractivity contribution in [2.75, 3.05) is 33.8 Å². The van der Waals surface area contributed by atoms with Gasteiger partial charge in [0.1, 0.15) is 11.4 Å². The number of anilines is 1. The molecule has 0 aromatic heterocycles. The predicted molar refractivity (Wildman–Crippen MR) is 121 cm³/mol. The second-order valence-electron chi connectivity index (χ2n) is 7.71. The average molecular weight is 430 g/mol. The Hall–Kier alpha value is -3.35. The summed E-state index contributed by atoms with van der Waals surface area (Å²) in [6, 6.07) is 9.40. The van der Waals surface area contributed by atoms with Crippen LogP contribution < -0.4 is 24.3 Å². The summed E-state index contributed by atoms with van der Waals surface area (Å²) in [5.41, 5.74) is 2.07. The molecule has 1 N–H and O–H groups in total. The van der Waals surface area contributed by atoms with Crippen molar-refractivity contribution in [2.24, 2.45) is 0 Å². The maximum Gasteiger partial charge on any atom is 0.331 e. The van der Waals surface area contributed by atoms with Crippen LogP contribution >= 0.6 is 0 Å². The number of hydrogen-bond donors (Lipinski definition) is 1. The molecule has 0 aliphatic heterocycles. The number of benzene rings is 2. The van der Waals surface area contributed by atoms with Crippen LogP contribution in [0.15, 0.2) is 36.4 Å².